The zero-order chi connectivity index (χ0) is 13.0. The molecule has 1 aromatic carbocycles. The highest BCUT2D eigenvalue weighted by atomic mass is 16.5. The Morgan fingerprint density at radius 2 is 2.11 bits per heavy atom. The fourth-order valence-electron chi connectivity index (χ4n) is 2.52. The highest BCUT2D eigenvalue weighted by Crippen LogP contribution is 2.30. The zero-order valence-electron chi connectivity index (χ0n) is 10.6. The number of ether oxygens (including phenoxy) is 1. The number of benzene rings is 1. The van der Waals surface area contributed by atoms with Crippen LogP contribution in [0, 0.1) is 0 Å². The Bertz CT molecular complexity index is 401. The third kappa shape index (κ3) is 2.26. The molecule has 1 aliphatic heterocycles. The van der Waals surface area contributed by atoms with E-state index in [0.29, 0.717) is 5.56 Å². The van der Waals surface area contributed by atoms with Gasteiger partial charge in [-0.25, -0.2) is 4.79 Å². The minimum absolute atomic E-state index is 0.291. The van der Waals surface area contributed by atoms with Crippen LogP contribution in [0.25, 0.3) is 0 Å². The minimum Gasteiger partial charge on any atom is -0.467 e. The fraction of sp³-hybridized carbons (Fsp3) is 0.500. The smallest absolute Gasteiger partial charge is 0.344 e. The summed E-state index contributed by atoms with van der Waals surface area (Å²) in [4.78, 5) is 12.0. The van der Waals surface area contributed by atoms with Crippen LogP contribution in [0.3, 0.4) is 0 Å². The van der Waals surface area contributed by atoms with E-state index in [0.717, 1.165) is 25.8 Å². The Morgan fingerprint density at radius 3 is 2.67 bits per heavy atom. The van der Waals surface area contributed by atoms with Gasteiger partial charge in [-0.2, -0.15) is 0 Å². The molecule has 18 heavy (non-hydrogen) atoms. The number of hydrogen-bond acceptors (Lipinski definition) is 4. The minimum atomic E-state index is -1.60. The van der Waals surface area contributed by atoms with E-state index in [9.17, 15) is 9.90 Å². The van der Waals surface area contributed by atoms with Gasteiger partial charge in [0, 0.05) is 0 Å². The molecular formula is C14H19NO3. The molecule has 1 unspecified atom stereocenters. The van der Waals surface area contributed by atoms with E-state index in [4.69, 9.17) is 4.74 Å². The molecule has 1 saturated heterocycles. The van der Waals surface area contributed by atoms with Crippen LogP contribution in [0.15, 0.2) is 30.3 Å². The second-order valence-corrected chi connectivity index (χ2v) is 4.63. The van der Waals surface area contributed by atoms with Crippen molar-refractivity contribution in [1.29, 1.82) is 0 Å². The van der Waals surface area contributed by atoms with E-state index < -0.39 is 11.6 Å². The quantitative estimate of drug-likeness (QED) is 0.790. The van der Waals surface area contributed by atoms with Gasteiger partial charge in [0.25, 0.3) is 0 Å². The van der Waals surface area contributed by atoms with Crippen molar-refractivity contribution < 1.29 is 14.6 Å². The van der Waals surface area contributed by atoms with Gasteiger partial charge in [0.2, 0.25) is 5.60 Å². The zero-order valence-corrected chi connectivity index (χ0v) is 10.6. The number of carbonyl (C=O) groups excluding carboxylic acids is 1. The first-order chi connectivity index (χ1) is 8.69. The van der Waals surface area contributed by atoms with Crippen LogP contribution < -0.4 is 5.32 Å². The van der Waals surface area contributed by atoms with Crippen LogP contribution >= 0.6 is 0 Å². The van der Waals surface area contributed by atoms with Crippen LogP contribution in [-0.2, 0) is 15.1 Å². The molecule has 2 rings (SSSR count). The Hall–Kier alpha value is -1.39. The first kappa shape index (κ1) is 13.1. The van der Waals surface area contributed by atoms with E-state index in [1.54, 1.807) is 12.1 Å². The van der Waals surface area contributed by atoms with E-state index in [1.165, 1.54) is 7.11 Å². The van der Waals surface area contributed by atoms with Gasteiger partial charge in [0.05, 0.1) is 13.2 Å². The van der Waals surface area contributed by atoms with Crippen LogP contribution in [0.5, 0.6) is 0 Å². The summed E-state index contributed by atoms with van der Waals surface area (Å²) in [6.07, 6.45) is 2.84. The number of nitrogens with one attached hydrogen (secondary N) is 1. The fourth-order valence-corrected chi connectivity index (χ4v) is 2.52. The van der Waals surface area contributed by atoms with Gasteiger partial charge >= 0.3 is 5.97 Å². The lowest BCUT2D eigenvalue weighted by molar-refractivity contribution is -0.168. The topological polar surface area (TPSA) is 58.6 Å². The molecule has 0 bridgehead atoms. The van der Waals surface area contributed by atoms with E-state index >= 15 is 0 Å². The molecule has 98 valence electrons. The molecule has 0 radical (unpaired) electrons. The summed E-state index contributed by atoms with van der Waals surface area (Å²) in [7, 11) is 1.30. The van der Waals surface area contributed by atoms with Crippen LogP contribution in [0.1, 0.15) is 24.8 Å². The third-order valence-electron chi connectivity index (χ3n) is 3.53. The van der Waals surface area contributed by atoms with Gasteiger partial charge < -0.3 is 15.2 Å². The van der Waals surface area contributed by atoms with Gasteiger partial charge in [0.15, 0.2) is 0 Å². The van der Waals surface area contributed by atoms with E-state index in [1.807, 2.05) is 18.2 Å². The van der Waals surface area contributed by atoms with Crippen molar-refractivity contribution in [3.8, 4) is 0 Å². The lowest BCUT2D eigenvalue weighted by Gasteiger charge is -2.37. The number of esters is 1. The second-order valence-electron chi connectivity index (χ2n) is 4.63. The SMILES string of the molecule is COC(=O)C(O)(c1ccccc1)[C@H]1CCCCN1. The molecule has 4 nitrogen and oxygen atoms in total. The van der Waals surface area contributed by atoms with Crippen molar-refractivity contribution in [2.24, 2.45) is 0 Å². The summed E-state index contributed by atoms with van der Waals surface area (Å²) < 4.78 is 4.79. The van der Waals surface area contributed by atoms with Gasteiger partial charge in [-0.15, -0.1) is 0 Å². The summed E-state index contributed by atoms with van der Waals surface area (Å²) in [6, 6.07) is 8.70. The maximum Gasteiger partial charge on any atom is 0.344 e. The van der Waals surface area contributed by atoms with E-state index in [-0.39, 0.29) is 6.04 Å². The van der Waals surface area contributed by atoms with Crippen LogP contribution in [0.4, 0.5) is 0 Å². The number of methoxy groups -OCH3 is 1. The Labute approximate surface area is 107 Å². The molecule has 1 heterocycles. The summed E-state index contributed by atoms with van der Waals surface area (Å²) in [5.41, 5.74) is -1.02. The van der Waals surface area contributed by atoms with Crippen molar-refractivity contribution in [2.75, 3.05) is 13.7 Å². The molecule has 2 N–H and O–H groups in total. The molecule has 4 heteroatoms. The standard InChI is InChI=1S/C14H19NO3/c1-18-13(16)14(17,11-7-3-2-4-8-11)12-9-5-6-10-15-12/h2-4,7-8,12,15,17H,5-6,9-10H2,1H3/t12-,14?/m1/s1. The third-order valence-corrected chi connectivity index (χ3v) is 3.53. The summed E-state index contributed by atoms with van der Waals surface area (Å²) in [5.74, 6) is -0.604. The first-order valence-electron chi connectivity index (χ1n) is 6.29. The second kappa shape index (κ2) is 5.50. The van der Waals surface area contributed by atoms with Gasteiger partial charge in [0.1, 0.15) is 0 Å². The van der Waals surface area contributed by atoms with Crippen molar-refractivity contribution >= 4 is 5.97 Å². The number of rotatable bonds is 3. The molecule has 2 atom stereocenters. The molecule has 0 saturated carbocycles. The van der Waals surface area contributed by atoms with Crippen molar-refractivity contribution in [3.05, 3.63) is 35.9 Å². The first-order valence-corrected chi connectivity index (χ1v) is 6.29. The van der Waals surface area contributed by atoms with Gasteiger partial charge in [-0.1, -0.05) is 36.8 Å². The highest BCUT2D eigenvalue weighted by Gasteiger charge is 2.46. The molecule has 1 aliphatic rings. The maximum atomic E-state index is 12.0. The normalized spacial score (nSPS) is 23.1. The number of aliphatic hydroxyl groups is 1. The summed E-state index contributed by atoms with van der Waals surface area (Å²) >= 11 is 0. The highest BCUT2D eigenvalue weighted by molar-refractivity contribution is 5.82. The Kier molecular flexibility index (Phi) is 3.99. The number of carbonyl (C=O) groups is 1. The predicted molar refractivity (Wildman–Crippen MR) is 68.0 cm³/mol. The molecule has 1 aromatic rings. The van der Waals surface area contributed by atoms with Crippen molar-refractivity contribution in [2.45, 2.75) is 30.9 Å². The van der Waals surface area contributed by atoms with Crippen molar-refractivity contribution in [1.82, 2.24) is 5.32 Å². The largest absolute Gasteiger partial charge is 0.467 e. The van der Waals surface area contributed by atoms with Gasteiger partial charge in [-0.05, 0) is 24.9 Å². The average molecular weight is 249 g/mol. The summed E-state index contributed by atoms with van der Waals surface area (Å²) in [6.45, 7) is 0.816. The van der Waals surface area contributed by atoms with Gasteiger partial charge in [-0.3, -0.25) is 0 Å². The molecule has 0 aromatic heterocycles. The van der Waals surface area contributed by atoms with Crippen LogP contribution in [0.2, 0.25) is 0 Å². The lowest BCUT2D eigenvalue weighted by atomic mass is 9.82. The van der Waals surface area contributed by atoms with Crippen molar-refractivity contribution in [3.63, 3.8) is 0 Å². The van der Waals surface area contributed by atoms with E-state index in [2.05, 4.69) is 5.32 Å². The Morgan fingerprint density at radius 1 is 1.39 bits per heavy atom. The monoisotopic (exact) mass is 249 g/mol. The number of hydrogen-bond donors (Lipinski definition) is 2. The van der Waals surface area contributed by atoms with Crippen LogP contribution in [-0.4, -0.2) is 30.8 Å². The summed E-state index contributed by atoms with van der Waals surface area (Å²) in [5, 5.41) is 14.1. The molecule has 1 fully saturated rings. The Balaban J connectivity index is 2.36. The lowest BCUT2D eigenvalue weighted by Crippen LogP contribution is -2.55. The maximum absolute atomic E-state index is 12.0. The average Bonchev–Trinajstić information content (AvgIpc) is 2.47. The molecule has 0 spiro atoms. The molecule has 0 amide bonds. The number of piperidine rings is 1. The molecule has 0 aliphatic carbocycles. The predicted octanol–water partition coefficient (Wildman–Crippen LogP) is 1.19. The molecular weight excluding hydrogens is 230 g/mol.